The molecular weight excluding hydrogens is 232 g/mol. The maximum absolute atomic E-state index is 10.1. The molecule has 0 saturated carbocycles. The predicted molar refractivity (Wildman–Crippen MR) is 64.5 cm³/mol. The van der Waals surface area contributed by atoms with Crippen LogP contribution in [0.2, 0.25) is 0 Å². The van der Waals surface area contributed by atoms with Crippen LogP contribution in [-0.4, -0.2) is 46.7 Å². The van der Waals surface area contributed by atoms with Gasteiger partial charge in [0.25, 0.3) is 0 Å². The molecule has 16 heavy (non-hydrogen) atoms. The summed E-state index contributed by atoms with van der Waals surface area (Å²) < 4.78 is 0. The Labute approximate surface area is 99.4 Å². The minimum absolute atomic E-state index is 0.191. The summed E-state index contributed by atoms with van der Waals surface area (Å²) in [5.41, 5.74) is 10.2. The van der Waals surface area contributed by atoms with Gasteiger partial charge in [-0.2, -0.15) is 11.8 Å². The SMILES string of the molecule is CSCCC(N)C(=O)O.NCCCC(=O)O. The monoisotopic (exact) mass is 252 g/mol. The van der Waals surface area contributed by atoms with Crippen LogP contribution in [0.5, 0.6) is 0 Å². The van der Waals surface area contributed by atoms with E-state index in [0.717, 1.165) is 5.75 Å². The summed E-state index contributed by atoms with van der Waals surface area (Å²) in [6, 6.07) is -0.683. The molecule has 0 radical (unpaired) electrons. The van der Waals surface area contributed by atoms with E-state index in [4.69, 9.17) is 21.7 Å². The minimum atomic E-state index is -0.913. The van der Waals surface area contributed by atoms with Crippen LogP contribution in [-0.2, 0) is 9.59 Å². The van der Waals surface area contributed by atoms with E-state index >= 15 is 0 Å². The van der Waals surface area contributed by atoms with Crippen LogP contribution in [0.1, 0.15) is 19.3 Å². The second-order valence-corrected chi connectivity index (χ2v) is 4.00. The molecule has 6 N–H and O–H groups in total. The summed E-state index contributed by atoms with van der Waals surface area (Å²) in [6.07, 6.45) is 3.25. The average molecular weight is 252 g/mol. The fraction of sp³-hybridized carbons (Fsp3) is 0.778. The number of aliphatic carboxylic acids is 2. The van der Waals surface area contributed by atoms with Crippen molar-refractivity contribution in [3.8, 4) is 0 Å². The first-order chi connectivity index (χ1) is 7.45. The quantitative estimate of drug-likeness (QED) is 0.500. The molecule has 1 unspecified atom stereocenters. The van der Waals surface area contributed by atoms with Gasteiger partial charge in [0.2, 0.25) is 0 Å². The van der Waals surface area contributed by atoms with Crippen molar-refractivity contribution in [1.82, 2.24) is 0 Å². The van der Waals surface area contributed by atoms with Crippen molar-refractivity contribution in [1.29, 1.82) is 0 Å². The lowest BCUT2D eigenvalue weighted by Gasteiger charge is -2.02. The fourth-order valence-electron chi connectivity index (χ4n) is 0.622. The summed E-state index contributed by atoms with van der Waals surface area (Å²) in [6.45, 7) is 0.465. The molecule has 0 rings (SSSR count). The van der Waals surface area contributed by atoms with Crippen LogP contribution in [0.3, 0.4) is 0 Å². The maximum Gasteiger partial charge on any atom is 0.320 e. The lowest BCUT2D eigenvalue weighted by atomic mass is 10.2. The number of hydrogen-bond donors (Lipinski definition) is 4. The number of nitrogens with two attached hydrogens (primary N) is 2. The van der Waals surface area contributed by atoms with Crippen molar-refractivity contribution < 1.29 is 19.8 Å². The second kappa shape index (κ2) is 12.3. The smallest absolute Gasteiger partial charge is 0.320 e. The van der Waals surface area contributed by atoms with Gasteiger partial charge in [-0.15, -0.1) is 0 Å². The molecule has 0 heterocycles. The van der Waals surface area contributed by atoms with E-state index in [9.17, 15) is 9.59 Å². The molecular formula is C9H20N2O4S. The van der Waals surface area contributed by atoms with Gasteiger partial charge < -0.3 is 21.7 Å². The van der Waals surface area contributed by atoms with Crippen LogP contribution in [0.4, 0.5) is 0 Å². The summed E-state index contributed by atoms with van der Waals surface area (Å²) in [4.78, 5) is 19.8. The first-order valence-electron chi connectivity index (χ1n) is 4.84. The van der Waals surface area contributed by atoms with Crippen molar-refractivity contribution in [2.45, 2.75) is 25.3 Å². The number of thioether (sulfide) groups is 1. The lowest BCUT2D eigenvalue weighted by molar-refractivity contribution is -0.139. The van der Waals surface area contributed by atoms with Gasteiger partial charge in [-0.05, 0) is 31.4 Å². The van der Waals surface area contributed by atoms with Gasteiger partial charge in [-0.25, -0.2) is 0 Å². The molecule has 0 aromatic rings. The van der Waals surface area contributed by atoms with Crippen molar-refractivity contribution in [3.05, 3.63) is 0 Å². The standard InChI is InChI=1S/C5H11NO2S.C4H9NO2/c1-9-3-2-4(6)5(7)8;5-3-1-2-4(6)7/h4H,2-3,6H2,1H3,(H,7,8);1-3,5H2,(H,6,7). The molecule has 0 bridgehead atoms. The summed E-state index contributed by atoms with van der Waals surface area (Å²) in [5.74, 6) is -0.873. The van der Waals surface area contributed by atoms with Crippen LogP contribution < -0.4 is 11.5 Å². The highest BCUT2D eigenvalue weighted by atomic mass is 32.2. The van der Waals surface area contributed by atoms with Gasteiger partial charge in [-0.1, -0.05) is 0 Å². The molecule has 0 aliphatic carbocycles. The largest absolute Gasteiger partial charge is 0.481 e. The molecule has 0 aliphatic heterocycles. The number of hydrogen-bond acceptors (Lipinski definition) is 5. The number of rotatable bonds is 7. The maximum atomic E-state index is 10.1. The Balaban J connectivity index is 0. The van der Waals surface area contributed by atoms with E-state index in [1.165, 1.54) is 0 Å². The highest BCUT2D eigenvalue weighted by Crippen LogP contribution is 1.97. The van der Waals surface area contributed by atoms with E-state index in [2.05, 4.69) is 0 Å². The van der Waals surface area contributed by atoms with E-state index < -0.39 is 18.0 Å². The molecule has 1 atom stereocenters. The van der Waals surface area contributed by atoms with Gasteiger partial charge in [0, 0.05) is 6.42 Å². The Kier molecular flexibility index (Phi) is 13.5. The van der Waals surface area contributed by atoms with Crippen molar-refractivity contribution in [3.63, 3.8) is 0 Å². The third-order valence-electron chi connectivity index (χ3n) is 1.54. The Morgan fingerprint density at radius 2 is 1.94 bits per heavy atom. The Hall–Kier alpha value is -0.790. The first-order valence-corrected chi connectivity index (χ1v) is 6.24. The number of carbonyl (C=O) groups is 2. The van der Waals surface area contributed by atoms with Crippen molar-refractivity contribution in [2.75, 3.05) is 18.6 Å². The zero-order valence-corrected chi connectivity index (χ0v) is 10.2. The number of carboxylic acids is 2. The summed E-state index contributed by atoms with van der Waals surface area (Å²) in [7, 11) is 0. The van der Waals surface area contributed by atoms with E-state index in [0.29, 0.717) is 19.4 Å². The Morgan fingerprint density at radius 1 is 1.38 bits per heavy atom. The van der Waals surface area contributed by atoms with Crippen LogP contribution >= 0.6 is 11.8 Å². The predicted octanol–water partition coefficient (Wildman–Crippen LogP) is -0.0387. The minimum Gasteiger partial charge on any atom is -0.481 e. The average Bonchev–Trinajstić information content (AvgIpc) is 2.23. The zero-order chi connectivity index (χ0) is 13.0. The molecule has 0 fully saturated rings. The Bertz CT molecular complexity index is 202. The lowest BCUT2D eigenvalue weighted by Crippen LogP contribution is -2.30. The van der Waals surface area contributed by atoms with Gasteiger partial charge >= 0.3 is 11.9 Å². The highest BCUT2D eigenvalue weighted by Gasteiger charge is 2.08. The summed E-state index contributed by atoms with van der Waals surface area (Å²) >= 11 is 1.60. The first kappa shape index (κ1) is 17.6. The van der Waals surface area contributed by atoms with Crippen molar-refractivity contribution in [2.24, 2.45) is 11.5 Å². The normalized spacial score (nSPS) is 11.2. The molecule has 0 saturated heterocycles. The molecule has 6 nitrogen and oxygen atoms in total. The van der Waals surface area contributed by atoms with E-state index in [-0.39, 0.29) is 6.42 Å². The Morgan fingerprint density at radius 3 is 2.19 bits per heavy atom. The number of carboxylic acid groups (broad SMARTS) is 2. The molecule has 0 spiro atoms. The third-order valence-corrected chi connectivity index (χ3v) is 2.19. The van der Waals surface area contributed by atoms with Crippen LogP contribution in [0.25, 0.3) is 0 Å². The van der Waals surface area contributed by atoms with E-state index in [1.807, 2.05) is 6.26 Å². The van der Waals surface area contributed by atoms with Crippen LogP contribution in [0, 0.1) is 0 Å². The van der Waals surface area contributed by atoms with Gasteiger partial charge in [0.15, 0.2) is 0 Å². The van der Waals surface area contributed by atoms with Gasteiger partial charge in [0.05, 0.1) is 0 Å². The van der Waals surface area contributed by atoms with E-state index in [1.54, 1.807) is 11.8 Å². The highest BCUT2D eigenvalue weighted by molar-refractivity contribution is 7.98. The second-order valence-electron chi connectivity index (χ2n) is 3.01. The fourth-order valence-corrected chi connectivity index (χ4v) is 1.11. The molecule has 96 valence electrons. The molecule has 0 aromatic heterocycles. The molecule has 7 heteroatoms. The van der Waals surface area contributed by atoms with Gasteiger partial charge in [0.1, 0.15) is 6.04 Å². The zero-order valence-electron chi connectivity index (χ0n) is 9.39. The molecule has 0 aliphatic rings. The summed E-state index contributed by atoms with van der Waals surface area (Å²) in [5, 5.41) is 16.3. The van der Waals surface area contributed by atoms with Crippen molar-refractivity contribution >= 4 is 23.7 Å². The topological polar surface area (TPSA) is 127 Å². The molecule has 0 aromatic carbocycles. The van der Waals surface area contributed by atoms with Crippen LogP contribution in [0.15, 0.2) is 0 Å². The molecule has 0 amide bonds. The third kappa shape index (κ3) is 15.7. The van der Waals surface area contributed by atoms with Gasteiger partial charge in [-0.3, -0.25) is 9.59 Å².